The van der Waals surface area contributed by atoms with Crippen molar-refractivity contribution in [1.82, 2.24) is 9.88 Å². The van der Waals surface area contributed by atoms with Crippen molar-refractivity contribution in [2.24, 2.45) is 0 Å². The molecule has 1 aromatic heterocycles. The summed E-state index contributed by atoms with van der Waals surface area (Å²) >= 11 is 0. The Morgan fingerprint density at radius 3 is 2.63 bits per heavy atom. The summed E-state index contributed by atoms with van der Waals surface area (Å²) in [6, 6.07) is 3.79. The molecule has 2 rings (SSSR count). The van der Waals surface area contributed by atoms with Gasteiger partial charge in [0.25, 0.3) is 0 Å². The number of hydrogen-bond donors (Lipinski definition) is 1. The van der Waals surface area contributed by atoms with E-state index >= 15 is 0 Å². The van der Waals surface area contributed by atoms with Gasteiger partial charge in [0.15, 0.2) is 0 Å². The fourth-order valence-corrected chi connectivity index (χ4v) is 2.07. The van der Waals surface area contributed by atoms with Crippen LogP contribution < -0.4 is 10.6 Å². The van der Waals surface area contributed by atoms with E-state index in [0.29, 0.717) is 25.4 Å². The molecule has 2 N–H and O–H groups in total. The fraction of sp³-hybridized carbons (Fsp3) is 0.538. The highest BCUT2D eigenvalue weighted by Crippen LogP contribution is 2.17. The monoisotopic (exact) mass is 264 g/mol. The van der Waals surface area contributed by atoms with Crippen molar-refractivity contribution >= 4 is 17.6 Å². The van der Waals surface area contributed by atoms with Gasteiger partial charge in [-0.2, -0.15) is 0 Å². The zero-order valence-corrected chi connectivity index (χ0v) is 11.4. The molecule has 1 fully saturated rings. The summed E-state index contributed by atoms with van der Waals surface area (Å²) in [5.41, 5.74) is 7.30. The Morgan fingerprint density at radius 1 is 1.37 bits per heavy atom. The van der Waals surface area contributed by atoms with Crippen molar-refractivity contribution in [3.63, 3.8) is 0 Å². The SMILES string of the molecule is CCOC(=O)N1CCN(c2ccc(N)c(C)n2)CC1. The Labute approximate surface area is 113 Å². The van der Waals surface area contributed by atoms with E-state index in [1.54, 1.807) is 4.90 Å². The van der Waals surface area contributed by atoms with E-state index in [2.05, 4.69) is 9.88 Å². The molecular formula is C13H20N4O2. The molecule has 6 heteroatoms. The normalized spacial score (nSPS) is 15.5. The smallest absolute Gasteiger partial charge is 0.409 e. The Morgan fingerprint density at radius 2 is 2.05 bits per heavy atom. The minimum atomic E-state index is -0.233. The van der Waals surface area contributed by atoms with Crippen LogP contribution >= 0.6 is 0 Å². The number of pyridine rings is 1. The molecule has 0 aliphatic carbocycles. The lowest BCUT2D eigenvalue weighted by Crippen LogP contribution is -2.49. The van der Waals surface area contributed by atoms with E-state index in [4.69, 9.17) is 10.5 Å². The van der Waals surface area contributed by atoms with E-state index < -0.39 is 0 Å². The van der Waals surface area contributed by atoms with Crippen LogP contribution in [0, 0.1) is 6.92 Å². The van der Waals surface area contributed by atoms with Crippen LogP contribution in [0.5, 0.6) is 0 Å². The van der Waals surface area contributed by atoms with Gasteiger partial charge in [-0.1, -0.05) is 0 Å². The molecule has 104 valence electrons. The largest absolute Gasteiger partial charge is 0.450 e. The molecule has 6 nitrogen and oxygen atoms in total. The number of hydrogen-bond acceptors (Lipinski definition) is 5. The number of anilines is 2. The summed E-state index contributed by atoms with van der Waals surface area (Å²) in [6.07, 6.45) is -0.233. The Balaban J connectivity index is 1.96. The van der Waals surface area contributed by atoms with Crippen LogP contribution in [0.25, 0.3) is 0 Å². The molecule has 1 aliphatic heterocycles. The van der Waals surface area contributed by atoms with Gasteiger partial charge in [0, 0.05) is 26.2 Å². The Hall–Kier alpha value is -1.98. The highest BCUT2D eigenvalue weighted by Gasteiger charge is 2.22. The summed E-state index contributed by atoms with van der Waals surface area (Å²) in [5.74, 6) is 0.912. The first kappa shape index (κ1) is 13.5. The maximum absolute atomic E-state index is 11.6. The molecule has 0 unspecified atom stereocenters. The van der Waals surface area contributed by atoms with Crippen LogP contribution in [0.3, 0.4) is 0 Å². The van der Waals surface area contributed by atoms with Gasteiger partial charge in [0.2, 0.25) is 0 Å². The number of nitrogen functional groups attached to an aromatic ring is 1. The van der Waals surface area contributed by atoms with Gasteiger partial charge in [0.05, 0.1) is 18.0 Å². The molecule has 0 aromatic carbocycles. The third-order valence-electron chi connectivity index (χ3n) is 3.24. The highest BCUT2D eigenvalue weighted by molar-refractivity contribution is 5.68. The second-order valence-electron chi connectivity index (χ2n) is 4.52. The predicted molar refractivity (Wildman–Crippen MR) is 74.2 cm³/mol. The number of rotatable bonds is 2. The minimum absolute atomic E-state index is 0.233. The second-order valence-corrected chi connectivity index (χ2v) is 4.52. The van der Waals surface area contributed by atoms with Crippen molar-refractivity contribution in [1.29, 1.82) is 0 Å². The Kier molecular flexibility index (Phi) is 4.09. The molecule has 0 spiro atoms. The topological polar surface area (TPSA) is 71.7 Å². The number of amides is 1. The number of aryl methyl sites for hydroxylation is 1. The van der Waals surface area contributed by atoms with Crippen molar-refractivity contribution < 1.29 is 9.53 Å². The summed E-state index contributed by atoms with van der Waals surface area (Å²) in [7, 11) is 0. The number of nitrogens with zero attached hydrogens (tertiary/aromatic N) is 3. The predicted octanol–water partition coefficient (Wildman–Crippen LogP) is 1.25. The first-order valence-corrected chi connectivity index (χ1v) is 6.51. The van der Waals surface area contributed by atoms with Gasteiger partial charge < -0.3 is 20.3 Å². The summed E-state index contributed by atoms with van der Waals surface area (Å²) in [4.78, 5) is 19.9. The van der Waals surface area contributed by atoms with Crippen LogP contribution in [-0.4, -0.2) is 48.8 Å². The van der Waals surface area contributed by atoms with Gasteiger partial charge in [-0.15, -0.1) is 0 Å². The number of piperazine rings is 1. The number of nitrogens with two attached hydrogens (primary N) is 1. The molecule has 0 saturated carbocycles. The van der Waals surface area contributed by atoms with Gasteiger partial charge in [0.1, 0.15) is 5.82 Å². The molecule has 1 saturated heterocycles. The van der Waals surface area contributed by atoms with Crippen molar-refractivity contribution in [2.45, 2.75) is 13.8 Å². The fourth-order valence-electron chi connectivity index (χ4n) is 2.07. The maximum Gasteiger partial charge on any atom is 0.409 e. The molecule has 1 aromatic rings. The zero-order chi connectivity index (χ0) is 13.8. The van der Waals surface area contributed by atoms with Crippen molar-refractivity contribution in [2.75, 3.05) is 43.4 Å². The third-order valence-corrected chi connectivity index (χ3v) is 3.24. The van der Waals surface area contributed by atoms with Gasteiger partial charge in [-0.3, -0.25) is 0 Å². The lowest BCUT2D eigenvalue weighted by atomic mass is 10.3. The molecule has 0 bridgehead atoms. The summed E-state index contributed by atoms with van der Waals surface area (Å²) < 4.78 is 4.99. The molecular weight excluding hydrogens is 244 g/mol. The minimum Gasteiger partial charge on any atom is -0.450 e. The second kappa shape index (κ2) is 5.77. The van der Waals surface area contributed by atoms with Crippen LogP contribution in [-0.2, 0) is 4.74 Å². The molecule has 1 aliphatic rings. The van der Waals surface area contributed by atoms with E-state index in [1.807, 2.05) is 26.0 Å². The molecule has 19 heavy (non-hydrogen) atoms. The number of aromatic nitrogens is 1. The first-order valence-electron chi connectivity index (χ1n) is 6.51. The van der Waals surface area contributed by atoms with Crippen LogP contribution in [0.1, 0.15) is 12.6 Å². The van der Waals surface area contributed by atoms with Gasteiger partial charge in [-0.25, -0.2) is 9.78 Å². The molecule has 2 heterocycles. The third kappa shape index (κ3) is 3.07. The first-order chi connectivity index (χ1) is 9.11. The molecule has 0 radical (unpaired) electrons. The van der Waals surface area contributed by atoms with Crippen LogP contribution in [0.15, 0.2) is 12.1 Å². The molecule has 0 atom stereocenters. The van der Waals surface area contributed by atoms with E-state index in [9.17, 15) is 4.79 Å². The van der Waals surface area contributed by atoms with Crippen LogP contribution in [0.4, 0.5) is 16.3 Å². The van der Waals surface area contributed by atoms with Crippen molar-refractivity contribution in [3.05, 3.63) is 17.8 Å². The lowest BCUT2D eigenvalue weighted by molar-refractivity contribution is 0.105. The number of carbonyl (C=O) groups excluding carboxylic acids is 1. The van der Waals surface area contributed by atoms with E-state index in [0.717, 1.165) is 24.6 Å². The standard InChI is InChI=1S/C13H20N4O2/c1-3-19-13(18)17-8-6-16(7-9-17)12-5-4-11(14)10(2)15-12/h4-5H,3,6-9,14H2,1-2H3. The van der Waals surface area contributed by atoms with Gasteiger partial charge >= 0.3 is 6.09 Å². The Bertz CT molecular complexity index is 456. The average molecular weight is 264 g/mol. The lowest BCUT2D eigenvalue weighted by Gasteiger charge is -2.34. The van der Waals surface area contributed by atoms with Crippen molar-refractivity contribution in [3.8, 4) is 0 Å². The van der Waals surface area contributed by atoms with Gasteiger partial charge in [-0.05, 0) is 26.0 Å². The number of carbonyl (C=O) groups is 1. The quantitative estimate of drug-likeness (QED) is 0.870. The number of ether oxygens (including phenoxy) is 1. The highest BCUT2D eigenvalue weighted by atomic mass is 16.6. The summed E-state index contributed by atoms with van der Waals surface area (Å²) in [6.45, 7) is 6.96. The van der Waals surface area contributed by atoms with Crippen LogP contribution in [0.2, 0.25) is 0 Å². The van der Waals surface area contributed by atoms with E-state index in [1.165, 1.54) is 0 Å². The zero-order valence-electron chi connectivity index (χ0n) is 11.4. The molecule has 1 amide bonds. The summed E-state index contributed by atoms with van der Waals surface area (Å²) in [5, 5.41) is 0. The average Bonchev–Trinajstić information content (AvgIpc) is 2.42. The maximum atomic E-state index is 11.6. The van der Waals surface area contributed by atoms with E-state index in [-0.39, 0.29) is 6.09 Å².